The third-order valence-electron chi connectivity index (χ3n) is 12.5. The average Bonchev–Trinajstić information content (AvgIpc) is 3.33. The SMILES string of the molecule is CC(CC(=O)CNCCCNC(=O)C(O)C(O)C(O)C(O)O)C1CCC2C3CCC4C[C@@H](O)CCC4(C)C3C[C@@H](O)C12C. The van der Waals surface area contributed by atoms with Crippen LogP contribution in [0.25, 0.3) is 0 Å². The fraction of sp³-hybridized carbons (Fsp3) is 0.938. The highest BCUT2D eigenvalue weighted by molar-refractivity contribution is 5.81. The number of carbonyl (C=O) groups is 2. The van der Waals surface area contributed by atoms with Gasteiger partial charge in [0.05, 0.1) is 18.8 Å². The van der Waals surface area contributed by atoms with Gasteiger partial charge in [-0.3, -0.25) is 9.59 Å². The summed E-state index contributed by atoms with van der Waals surface area (Å²) in [6, 6.07) is 0. The summed E-state index contributed by atoms with van der Waals surface area (Å²) in [5.74, 6) is 1.74. The minimum absolute atomic E-state index is 0.107. The minimum Gasteiger partial charge on any atom is -0.393 e. The van der Waals surface area contributed by atoms with E-state index >= 15 is 0 Å². The predicted octanol–water partition coefficient (Wildman–Crippen LogP) is 0.0616. The number of rotatable bonds is 13. The van der Waals surface area contributed by atoms with Crippen LogP contribution in [0, 0.1) is 46.3 Å². The van der Waals surface area contributed by atoms with Gasteiger partial charge in [-0.2, -0.15) is 0 Å². The van der Waals surface area contributed by atoms with E-state index in [1.807, 2.05) is 0 Å². The number of carbonyl (C=O) groups excluding carboxylic acids is 2. The van der Waals surface area contributed by atoms with E-state index in [1.165, 1.54) is 12.8 Å². The Morgan fingerprint density at radius 2 is 1.60 bits per heavy atom. The third-order valence-corrected chi connectivity index (χ3v) is 12.5. The third kappa shape index (κ3) is 6.99. The van der Waals surface area contributed by atoms with Crippen molar-refractivity contribution in [3.8, 4) is 0 Å². The molecule has 0 aromatic carbocycles. The van der Waals surface area contributed by atoms with Crippen LogP contribution < -0.4 is 10.6 Å². The molecule has 9 N–H and O–H groups in total. The van der Waals surface area contributed by atoms with E-state index in [0.29, 0.717) is 49.0 Å². The lowest BCUT2D eigenvalue weighted by molar-refractivity contribution is -0.180. The summed E-state index contributed by atoms with van der Waals surface area (Å²) in [5.41, 5.74) is 0.0129. The zero-order chi connectivity index (χ0) is 31.7. The molecule has 0 bridgehead atoms. The fourth-order valence-corrected chi connectivity index (χ4v) is 10.0. The maximum atomic E-state index is 12.9. The second-order valence-electron chi connectivity index (χ2n) is 14.8. The first-order chi connectivity index (χ1) is 20.2. The molecule has 4 rings (SSSR count). The van der Waals surface area contributed by atoms with Crippen LogP contribution in [0.1, 0.15) is 85.0 Å². The van der Waals surface area contributed by atoms with E-state index in [1.54, 1.807) is 0 Å². The molecule has 0 radical (unpaired) electrons. The summed E-state index contributed by atoms with van der Waals surface area (Å²) >= 11 is 0. The number of ketones is 1. The first kappa shape index (κ1) is 34.7. The Labute approximate surface area is 255 Å². The van der Waals surface area contributed by atoms with Crippen LogP contribution in [0.3, 0.4) is 0 Å². The molecule has 11 unspecified atom stereocenters. The van der Waals surface area contributed by atoms with Gasteiger partial charge in [-0.25, -0.2) is 0 Å². The molecule has 11 nitrogen and oxygen atoms in total. The molecular formula is C32H56N2O9. The van der Waals surface area contributed by atoms with Crippen LogP contribution >= 0.6 is 0 Å². The maximum absolute atomic E-state index is 12.9. The van der Waals surface area contributed by atoms with E-state index in [0.717, 1.165) is 38.5 Å². The van der Waals surface area contributed by atoms with Crippen LogP contribution in [0.4, 0.5) is 0 Å². The van der Waals surface area contributed by atoms with Gasteiger partial charge < -0.3 is 46.4 Å². The van der Waals surface area contributed by atoms with Gasteiger partial charge in [0.2, 0.25) is 0 Å². The Morgan fingerprint density at radius 3 is 2.30 bits per heavy atom. The smallest absolute Gasteiger partial charge is 0.251 e. The number of nitrogens with one attached hydrogen (secondary N) is 2. The van der Waals surface area contributed by atoms with Crippen LogP contribution in [-0.2, 0) is 9.59 Å². The van der Waals surface area contributed by atoms with Crippen molar-refractivity contribution in [1.82, 2.24) is 10.6 Å². The second-order valence-corrected chi connectivity index (χ2v) is 14.8. The molecule has 43 heavy (non-hydrogen) atoms. The van der Waals surface area contributed by atoms with E-state index in [2.05, 4.69) is 31.4 Å². The maximum Gasteiger partial charge on any atom is 0.251 e. The molecule has 0 aliphatic heterocycles. The van der Waals surface area contributed by atoms with Gasteiger partial charge in [-0.05, 0) is 111 Å². The van der Waals surface area contributed by atoms with Crippen molar-refractivity contribution in [1.29, 1.82) is 0 Å². The van der Waals surface area contributed by atoms with E-state index in [9.17, 15) is 35.1 Å². The minimum atomic E-state index is -2.29. The molecule has 4 fully saturated rings. The van der Waals surface area contributed by atoms with Crippen LogP contribution in [-0.4, -0.2) is 104 Å². The number of aliphatic hydroxyl groups excluding tert-OH is 6. The number of fused-ring (bicyclic) bond motifs is 5. The molecule has 0 spiro atoms. The molecule has 248 valence electrons. The number of Topliss-reactive ketones (excluding diaryl/α,β-unsaturated/α-hetero) is 1. The molecule has 13 atom stereocenters. The monoisotopic (exact) mass is 612 g/mol. The summed E-state index contributed by atoms with van der Waals surface area (Å²) in [4.78, 5) is 24.8. The van der Waals surface area contributed by atoms with Crippen molar-refractivity contribution in [2.75, 3.05) is 19.6 Å². The summed E-state index contributed by atoms with van der Waals surface area (Å²) in [7, 11) is 0. The second kappa shape index (κ2) is 14.1. The van der Waals surface area contributed by atoms with Gasteiger partial charge in [-0.15, -0.1) is 0 Å². The summed E-state index contributed by atoms with van der Waals surface area (Å²) in [6.45, 7) is 7.66. The first-order valence-corrected chi connectivity index (χ1v) is 16.5. The van der Waals surface area contributed by atoms with Gasteiger partial charge in [0, 0.05) is 13.0 Å². The van der Waals surface area contributed by atoms with Crippen molar-refractivity contribution in [3.05, 3.63) is 0 Å². The molecule has 4 aliphatic rings. The van der Waals surface area contributed by atoms with Crippen LogP contribution in [0.15, 0.2) is 0 Å². The van der Waals surface area contributed by atoms with Gasteiger partial charge in [0.1, 0.15) is 18.0 Å². The van der Waals surface area contributed by atoms with Crippen molar-refractivity contribution in [3.63, 3.8) is 0 Å². The molecule has 0 heterocycles. The number of hydrogen-bond donors (Lipinski definition) is 9. The zero-order valence-electron chi connectivity index (χ0n) is 26.1. The largest absolute Gasteiger partial charge is 0.393 e. The molecular weight excluding hydrogens is 556 g/mol. The Hall–Kier alpha value is -1.18. The highest BCUT2D eigenvalue weighted by Crippen LogP contribution is 2.68. The lowest BCUT2D eigenvalue weighted by Gasteiger charge is -2.62. The summed E-state index contributed by atoms with van der Waals surface area (Å²) in [6.07, 6.45) is 0.0603. The topological polar surface area (TPSA) is 200 Å². The Bertz CT molecular complexity index is 967. The van der Waals surface area contributed by atoms with Crippen LogP contribution in [0.2, 0.25) is 0 Å². The predicted molar refractivity (Wildman–Crippen MR) is 158 cm³/mol. The van der Waals surface area contributed by atoms with Crippen molar-refractivity contribution in [2.24, 2.45) is 46.3 Å². The van der Waals surface area contributed by atoms with Crippen molar-refractivity contribution < 1.29 is 45.3 Å². The van der Waals surface area contributed by atoms with Gasteiger partial charge in [0.25, 0.3) is 5.91 Å². The number of aliphatic hydroxyl groups is 7. The average molecular weight is 613 g/mol. The normalized spacial score (nSPS) is 40.1. The quantitative estimate of drug-likeness (QED) is 0.101. The van der Waals surface area contributed by atoms with Crippen molar-refractivity contribution in [2.45, 2.75) is 122 Å². The summed E-state index contributed by atoms with van der Waals surface area (Å²) in [5, 5.41) is 74.1. The Balaban J connectivity index is 1.21. The lowest BCUT2D eigenvalue weighted by atomic mass is 9.43. The molecule has 11 heteroatoms. The molecule has 4 aliphatic carbocycles. The zero-order valence-corrected chi connectivity index (χ0v) is 26.1. The van der Waals surface area contributed by atoms with Gasteiger partial charge in [0.15, 0.2) is 12.4 Å². The van der Waals surface area contributed by atoms with E-state index in [-0.39, 0.29) is 47.8 Å². The highest BCUT2D eigenvalue weighted by atomic mass is 16.5. The first-order valence-electron chi connectivity index (χ1n) is 16.5. The lowest BCUT2D eigenvalue weighted by Crippen LogP contribution is -2.58. The number of amides is 1. The van der Waals surface area contributed by atoms with Gasteiger partial charge >= 0.3 is 0 Å². The molecule has 0 saturated heterocycles. The number of hydrogen-bond acceptors (Lipinski definition) is 10. The van der Waals surface area contributed by atoms with Crippen molar-refractivity contribution >= 4 is 11.7 Å². The van der Waals surface area contributed by atoms with Gasteiger partial charge in [-0.1, -0.05) is 20.8 Å². The molecule has 4 saturated carbocycles. The highest BCUT2D eigenvalue weighted by Gasteiger charge is 2.63. The fourth-order valence-electron chi connectivity index (χ4n) is 10.0. The van der Waals surface area contributed by atoms with Crippen LogP contribution in [0.5, 0.6) is 0 Å². The van der Waals surface area contributed by atoms with E-state index < -0.39 is 30.5 Å². The standard InChI is InChI=1S/C32H56N2O9/c1-17(13-20(36)16-33-11-4-12-34-29(41)27(39)26(38)28(40)30(42)43)22-7-8-23-21-6-5-18-14-19(35)9-10-31(18,2)24(21)15-25(37)32(22,23)3/h17-19,21-28,30,33,35,37-40,42-43H,4-16H2,1-3H3,(H,34,41)/t17?,18?,19-,21?,22?,23?,24?,25+,26?,27?,28?,31?,32?/m0/s1. The summed E-state index contributed by atoms with van der Waals surface area (Å²) < 4.78 is 0. The Kier molecular flexibility index (Phi) is 11.4. The molecule has 0 aromatic rings. The molecule has 1 amide bonds. The Morgan fingerprint density at radius 1 is 0.884 bits per heavy atom. The molecule has 0 aromatic heterocycles. The van der Waals surface area contributed by atoms with E-state index in [4.69, 9.17) is 10.2 Å².